The van der Waals surface area contributed by atoms with Crippen molar-refractivity contribution >= 4 is 34.5 Å². The Morgan fingerprint density at radius 1 is 0.964 bits per heavy atom. The third-order valence-electron chi connectivity index (χ3n) is 4.22. The molecule has 0 heterocycles. The highest BCUT2D eigenvalue weighted by Gasteiger charge is 2.07. The van der Waals surface area contributed by atoms with E-state index in [1.165, 1.54) is 0 Å². The van der Waals surface area contributed by atoms with Gasteiger partial charge in [0.25, 0.3) is 5.91 Å². The van der Waals surface area contributed by atoms with Gasteiger partial charge in [-0.3, -0.25) is 9.59 Å². The molecule has 0 aromatic heterocycles. The minimum atomic E-state index is -0.309. The van der Waals surface area contributed by atoms with Gasteiger partial charge in [-0.1, -0.05) is 56.3 Å². The van der Waals surface area contributed by atoms with E-state index in [-0.39, 0.29) is 11.8 Å². The fourth-order valence-electron chi connectivity index (χ4n) is 2.88. The third kappa shape index (κ3) is 5.04. The summed E-state index contributed by atoms with van der Waals surface area (Å²) in [7, 11) is 0. The van der Waals surface area contributed by atoms with Gasteiger partial charge in [0.05, 0.1) is 6.21 Å². The maximum atomic E-state index is 12.3. The Morgan fingerprint density at radius 3 is 2.43 bits per heavy atom. The lowest BCUT2D eigenvalue weighted by Crippen LogP contribution is -2.18. The normalized spacial score (nSPS) is 11.1. The van der Waals surface area contributed by atoms with Crippen LogP contribution in [0.4, 0.5) is 5.69 Å². The Bertz CT molecular complexity index is 1000. The molecule has 0 atom stereocenters. The minimum absolute atomic E-state index is 0.0353. The molecule has 3 aromatic carbocycles. The Labute approximate surface area is 164 Å². The van der Waals surface area contributed by atoms with Crippen molar-refractivity contribution in [3.8, 4) is 0 Å². The first kappa shape index (κ1) is 19.3. The molecule has 0 saturated heterocycles. The summed E-state index contributed by atoms with van der Waals surface area (Å²) in [5, 5.41) is 9.09. The second-order valence-electron chi connectivity index (χ2n) is 6.99. The molecule has 2 amide bonds. The molecule has 142 valence electrons. The van der Waals surface area contributed by atoms with Gasteiger partial charge in [-0.05, 0) is 41.0 Å². The number of benzene rings is 3. The zero-order chi connectivity index (χ0) is 19.9. The van der Waals surface area contributed by atoms with Crippen molar-refractivity contribution in [3.63, 3.8) is 0 Å². The summed E-state index contributed by atoms with van der Waals surface area (Å²) in [6.45, 7) is 3.98. The zero-order valence-corrected chi connectivity index (χ0v) is 16.0. The molecule has 0 radical (unpaired) electrons. The van der Waals surface area contributed by atoms with Gasteiger partial charge in [0, 0.05) is 23.2 Å². The van der Waals surface area contributed by atoms with E-state index in [0.717, 1.165) is 16.3 Å². The molecular weight excluding hydrogens is 350 g/mol. The minimum Gasteiger partial charge on any atom is -0.326 e. The quantitative estimate of drug-likeness (QED) is 0.490. The van der Waals surface area contributed by atoms with E-state index in [1.807, 2.05) is 56.3 Å². The summed E-state index contributed by atoms with van der Waals surface area (Å²) in [4.78, 5) is 24.1. The van der Waals surface area contributed by atoms with Gasteiger partial charge >= 0.3 is 0 Å². The SMILES string of the molecule is CC(C)CC(=O)Nc1ccc(C(=O)NN=Cc2cccc3ccccc23)cc1. The number of fused-ring (bicyclic) bond motifs is 1. The van der Waals surface area contributed by atoms with Crippen LogP contribution in [-0.2, 0) is 4.79 Å². The van der Waals surface area contributed by atoms with Crippen LogP contribution in [0.25, 0.3) is 10.8 Å². The first-order valence-electron chi connectivity index (χ1n) is 9.24. The van der Waals surface area contributed by atoms with E-state index < -0.39 is 0 Å². The van der Waals surface area contributed by atoms with Crippen LogP contribution >= 0.6 is 0 Å². The Hall–Kier alpha value is -3.47. The maximum absolute atomic E-state index is 12.3. The summed E-state index contributed by atoms with van der Waals surface area (Å²) < 4.78 is 0. The first-order valence-corrected chi connectivity index (χ1v) is 9.24. The number of rotatable bonds is 6. The largest absolute Gasteiger partial charge is 0.326 e. The van der Waals surface area contributed by atoms with E-state index in [9.17, 15) is 9.59 Å². The molecule has 0 bridgehead atoms. The number of nitrogens with one attached hydrogen (secondary N) is 2. The number of carbonyl (C=O) groups is 2. The molecule has 0 aliphatic carbocycles. The summed E-state index contributed by atoms with van der Waals surface area (Å²) in [6, 6.07) is 20.7. The molecule has 0 spiro atoms. The van der Waals surface area contributed by atoms with Crippen molar-refractivity contribution in [1.82, 2.24) is 5.43 Å². The molecule has 0 aliphatic rings. The van der Waals surface area contributed by atoms with Crippen molar-refractivity contribution in [2.75, 3.05) is 5.32 Å². The first-order chi connectivity index (χ1) is 13.5. The molecule has 0 aliphatic heterocycles. The lowest BCUT2D eigenvalue weighted by molar-refractivity contribution is -0.116. The highest BCUT2D eigenvalue weighted by atomic mass is 16.2. The average molecular weight is 373 g/mol. The average Bonchev–Trinajstić information content (AvgIpc) is 2.68. The van der Waals surface area contributed by atoms with Gasteiger partial charge in [0.1, 0.15) is 0 Å². The van der Waals surface area contributed by atoms with Gasteiger partial charge in [-0.25, -0.2) is 5.43 Å². The molecule has 0 fully saturated rings. The molecule has 5 nitrogen and oxygen atoms in total. The summed E-state index contributed by atoms with van der Waals surface area (Å²) >= 11 is 0. The van der Waals surface area contributed by atoms with E-state index in [1.54, 1.807) is 30.5 Å². The molecule has 0 saturated carbocycles. The van der Waals surface area contributed by atoms with E-state index in [2.05, 4.69) is 15.8 Å². The third-order valence-corrected chi connectivity index (χ3v) is 4.22. The van der Waals surface area contributed by atoms with E-state index in [0.29, 0.717) is 23.6 Å². The fraction of sp³-hybridized carbons (Fsp3) is 0.174. The van der Waals surface area contributed by atoms with Gasteiger partial charge in [-0.15, -0.1) is 0 Å². The smallest absolute Gasteiger partial charge is 0.271 e. The zero-order valence-electron chi connectivity index (χ0n) is 16.0. The van der Waals surface area contributed by atoms with Crippen LogP contribution in [0.2, 0.25) is 0 Å². The van der Waals surface area contributed by atoms with Crippen molar-refractivity contribution < 1.29 is 9.59 Å². The van der Waals surface area contributed by atoms with Crippen molar-refractivity contribution in [1.29, 1.82) is 0 Å². The summed E-state index contributed by atoms with van der Waals surface area (Å²) in [5.74, 6) is -0.0481. The van der Waals surface area contributed by atoms with Crippen LogP contribution in [0, 0.1) is 5.92 Å². The number of anilines is 1. The monoisotopic (exact) mass is 373 g/mol. The van der Waals surface area contributed by atoms with Crippen LogP contribution < -0.4 is 10.7 Å². The van der Waals surface area contributed by atoms with E-state index in [4.69, 9.17) is 0 Å². The molecule has 3 aromatic rings. The maximum Gasteiger partial charge on any atom is 0.271 e. The topological polar surface area (TPSA) is 70.6 Å². The number of hydrogen-bond donors (Lipinski definition) is 2. The van der Waals surface area contributed by atoms with Gasteiger partial charge in [0.15, 0.2) is 0 Å². The lowest BCUT2D eigenvalue weighted by atomic mass is 10.1. The number of amides is 2. The molecule has 0 unspecified atom stereocenters. The molecular formula is C23H23N3O2. The van der Waals surface area contributed by atoms with Crippen LogP contribution in [0.1, 0.15) is 36.2 Å². The lowest BCUT2D eigenvalue weighted by Gasteiger charge is -2.07. The van der Waals surface area contributed by atoms with Crippen LogP contribution in [-0.4, -0.2) is 18.0 Å². The van der Waals surface area contributed by atoms with Crippen LogP contribution in [0.15, 0.2) is 71.8 Å². The van der Waals surface area contributed by atoms with Crippen molar-refractivity contribution in [3.05, 3.63) is 77.9 Å². The van der Waals surface area contributed by atoms with E-state index >= 15 is 0 Å². The fourth-order valence-corrected chi connectivity index (χ4v) is 2.88. The van der Waals surface area contributed by atoms with Crippen molar-refractivity contribution in [2.45, 2.75) is 20.3 Å². The Kier molecular flexibility index (Phi) is 6.17. The molecule has 2 N–H and O–H groups in total. The Morgan fingerprint density at radius 2 is 1.68 bits per heavy atom. The highest BCUT2D eigenvalue weighted by Crippen LogP contribution is 2.17. The summed E-state index contributed by atoms with van der Waals surface area (Å²) in [5.41, 5.74) is 4.61. The van der Waals surface area contributed by atoms with Crippen molar-refractivity contribution in [2.24, 2.45) is 11.0 Å². The second-order valence-corrected chi connectivity index (χ2v) is 6.99. The standard InChI is InChI=1S/C23H23N3O2/c1-16(2)14-22(27)25-20-12-10-18(11-13-20)23(28)26-24-15-19-8-5-7-17-6-3-4-9-21(17)19/h3-13,15-16H,14H2,1-2H3,(H,25,27)(H,26,28). The van der Waals surface area contributed by atoms with Gasteiger partial charge in [-0.2, -0.15) is 5.10 Å². The number of nitrogens with zero attached hydrogens (tertiary/aromatic N) is 1. The van der Waals surface area contributed by atoms with Crippen LogP contribution in [0.3, 0.4) is 0 Å². The highest BCUT2D eigenvalue weighted by molar-refractivity contribution is 6.01. The van der Waals surface area contributed by atoms with Gasteiger partial charge in [0.2, 0.25) is 5.91 Å². The Balaban J connectivity index is 1.61. The predicted molar refractivity (Wildman–Crippen MR) is 114 cm³/mol. The molecule has 28 heavy (non-hydrogen) atoms. The second kappa shape index (κ2) is 8.95. The number of hydrogen-bond acceptors (Lipinski definition) is 3. The van der Waals surface area contributed by atoms with Gasteiger partial charge < -0.3 is 5.32 Å². The summed E-state index contributed by atoms with van der Waals surface area (Å²) in [6.07, 6.45) is 2.10. The predicted octanol–water partition coefficient (Wildman–Crippen LogP) is 4.59. The molecule has 5 heteroatoms. The number of hydrazone groups is 1. The number of carbonyl (C=O) groups excluding carboxylic acids is 2. The van der Waals surface area contributed by atoms with Crippen LogP contribution in [0.5, 0.6) is 0 Å². The molecule has 3 rings (SSSR count).